The number of carbonyl (C=O) groups excluding carboxylic acids is 1. The van der Waals surface area contributed by atoms with Gasteiger partial charge in [-0.2, -0.15) is 0 Å². The van der Waals surface area contributed by atoms with Crippen LogP contribution in [0.15, 0.2) is 18.2 Å². The number of esters is 1. The second-order valence-electron chi connectivity index (χ2n) is 7.91. The maximum absolute atomic E-state index is 11.9. The summed E-state index contributed by atoms with van der Waals surface area (Å²) >= 11 is 5.91. The summed E-state index contributed by atoms with van der Waals surface area (Å²) in [6.45, 7) is 7.15. The molecule has 0 radical (unpaired) electrons. The Morgan fingerprint density at radius 2 is 2.12 bits per heavy atom. The molecule has 3 fully saturated rings. The van der Waals surface area contributed by atoms with E-state index in [0.717, 1.165) is 23.8 Å². The molecule has 3 atom stereocenters. The van der Waals surface area contributed by atoms with Crippen LogP contribution in [0.3, 0.4) is 0 Å². The van der Waals surface area contributed by atoms with Crippen LogP contribution >= 0.6 is 11.6 Å². The van der Waals surface area contributed by atoms with Crippen molar-refractivity contribution in [2.24, 2.45) is 23.2 Å². The van der Waals surface area contributed by atoms with Crippen molar-refractivity contribution in [2.45, 2.75) is 46.5 Å². The molecule has 24 heavy (non-hydrogen) atoms. The van der Waals surface area contributed by atoms with E-state index in [1.807, 2.05) is 13.0 Å². The van der Waals surface area contributed by atoms with Crippen LogP contribution in [0.1, 0.15) is 45.1 Å². The zero-order valence-electron chi connectivity index (χ0n) is 14.8. The first-order valence-electron chi connectivity index (χ1n) is 8.92. The zero-order valence-corrected chi connectivity index (χ0v) is 15.6. The predicted molar refractivity (Wildman–Crippen MR) is 95.4 cm³/mol. The first kappa shape index (κ1) is 17.6. The molecule has 4 rings (SSSR count). The third kappa shape index (κ3) is 3.56. The normalized spacial score (nSPS) is 27.2. The van der Waals surface area contributed by atoms with E-state index in [4.69, 9.17) is 21.1 Å². The average molecular weight is 351 g/mol. The molecule has 0 aromatic heterocycles. The molecule has 1 aromatic carbocycles. The highest BCUT2D eigenvalue weighted by atomic mass is 35.5. The van der Waals surface area contributed by atoms with E-state index in [0.29, 0.717) is 28.7 Å². The number of fused-ring (bicyclic) bond motifs is 2. The minimum Gasteiger partial charge on any atom is -0.482 e. The van der Waals surface area contributed by atoms with Gasteiger partial charge in [-0.3, -0.25) is 0 Å². The molecule has 0 aliphatic heterocycles. The van der Waals surface area contributed by atoms with Crippen LogP contribution in [0, 0.1) is 30.1 Å². The Labute approximate surface area is 149 Å². The molecule has 0 N–H and O–H groups in total. The van der Waals surface area contributed by atoms with E-state index in [9.17, 15) is 4.79 Å². The Balaban J connectivity index is 1.38. The van der Waals surface area contributed by atoms with Gasteiger partial charge in [0, 0.05) is 5.02 Å². The van der Waals surface area contributed by atoms with Gasteiger partial charge in [0.05, 0.1) is 6.61 Å². The Morgan fingerprint density at radius 1 is 1.33 bits per heavy atom. The van der Waals surface area contributed by atoms with Gasteiger partial charge in [-0.05, 0) is 79.5 Å². The fourth-order valence-corrected chi connectivity index (χ4v) is 4.81. The number of halogens is 1. The molecule has 0 amide bonds. The van der Waals surface area contributed by atoms with Gasteiger partial charge in [0.15, 0.2) is 6.61 Å². The Kier molecular flexibility index (Phi) is 5.10. The molecule has 3 aliphatic carbocycles. The van der Waals surface area contributed by atoms with Crippen molar-refractivity contribution in [3.8, 4) is 5.75 Å². The molecule has 3 nitrogen and oxygen atoms in total. The van der Waals surface area contributed by atoms with Crippen LogP contribution in [0.2, 0.25) is 5.02 Å². The van der Waals surface area contributed by atoms with E-state index >= 15 is 0 Å². The lowest BCUT2D eigenvalue weighted by molar-refractivity contribution is -0.148. The van der Waals surface area contributed by atoms with Gasteiger partial charge < -0.3 is 9.47 Å². The topological polar surface area (TPSA) is 35.5 Å². The number of aryl methyl sites for hydroxylation is 1. The van der Waals surface area contributed by atoms with Crippen molar-refractivity contribution >= 4 is 17.6 Å². The maximum atomic E-state index is 11.9. The minimum atomic E-state index is -0.300. The van der Waals surface area contributed by atoms with Crippen molar-refractivity contribution in [1.82, 2.24) is 0 Å². The average Bonchev–Trinajstić information content (AvgIpc) is 2.54. The van der Waals surface area contributed by atoms with Crippen LogP contribution in [0.4, 0.5) is 0 Å². The van der Waals surface area contributed by atoms with Gasteiger partial charge >= 0.3 is 5.97 Å². The standard InChI is InChI=1S/C20H27ClO3/c1-13-10-16(21)6-7-18(13)24-12-19(22)23-9-8-14-4-5-15-11-17(14)20(15,2)3/h6-7,10,14-15,17H,4-5,8-9,11-12H2,1-3H3/t14-,15-,17+/m1/s1. The van der Waals surface area contributed by atoms with E-state index in [1.54, 1.807) is 12.1 Å². The summed E-state index contributed by atoms with van der Waals surface area (Å²) in [4.78, 5) is 11.9. The van der Waals surface area contributed by atoms with Gasteiger partial charge in [0.25, 0.3) is 0 Å². The fraction of sp³-hybridized carbons (Fsp3) is 0.650. The quantitative estimate of drug-likeness (QED) is 0.675. The van der Waals surface area contributed by atoms with Gasteiger partial charge in [-0.25, -0.2) is 4.79 Å². The predicted octanol–water partition coefficient (Wildman–Crippen LogP) is 5.03. The largest absolute Gasteiger partial charge is 0.482 e. The molecular weight excluding hydrogens is 324 g/mol. The van der Waals surface area contributed by atoms with Gasteiger partial charge in [-0.15, -0.1) is 0 Å². The summed E-state index contributed by atoms with van der Waals surface area (Å²) in [5, 5.41) is 0.663. The minimum absolute atomic E-state index is 0.0515. The highest BCUT2D eigenvalue weighted by Gasteiger charge is 2.53. The molecule has 0 unspecified atom stereocenters. The molecule has 0 saturated heterocycles. The van der Waals surface area contributed by atoms with E-state index in [2.05, 4.69) is 13.8 Å². The smallest absolute Gasteiger partial charge is 0.344 e. The van der Waals surface area contributed by atoms with E-state index in [-0.39, 0.29) is 12.6 Å². The Hall–Kier alpha value is -1.22. The second kappa shape index (κ2) is 6.95. The number of ether oxygens (including phenoxy) is 2. The Bertz CT molecular complexity index is 609. The van der Waals surface area contributed by atoms with Crippen LogP contribution in [0.25, 0.3) is 0 Å². The molecule has 4 heteroatoms. The summed E-state index contributed by atoms with van der Waals surface area (Å²) in [5.41, 5.74) is 1.40. The molecule has 1 aromatic rings. The van der Waals surface area contributed by atoms with Crippen LogP contribution < -0.4 is 4.74 Å². The third-order valence-electron chi connectivity index (χ3n) is 6.24. The van der Waals surface area contributed by atoms with Crippen molar-refractivity contribution < 1.29 is 14.3 Å². The third-order valence-corrected chi connectivity index (χ3v) is 6.47. The number of hydrogen-bond donors (Lipinski definition) is 0. The van der Waals surface area contributed by atoms with Gasteiger partial charge in [0.1, 0.15) is 5.75 Å². The highest BCUT2D eigenvalue weighted by Crippen LogP contribution is 2.61. The zero-order chi connectivity index (χ0) is 17.3. The van der Waals surface area contributed by atoms with E-state index < -0.39 is 0 Å². The van der Waals surface area contributed by atoms with Crippen molar-refractivity contribution in [3.05, 3.63) is 28.8 Å². The highest BCUT2D eigenvalue weighted by molar-refractivity contribution is 6.30. The van der Waals surface area contributed by atoms with Gasteiger partial charge in [0.2, 0.25) is 0 Å². The van der Waals surface area contributed by atoms with Crippen molar-refractivity contribution in [1.29, 1.82) is 0 Å². The number of carbonyl (C=O) groups is 1. The van der Waals surface area contributed by atoms with Crippen LogP contribution in [-0.2, 0) is 9.53 Å². The summed E-state index contributed by atoms with van der Waals surface area (Å²) in [5.74, 6) is 2.80. The molecule has 132 valence electrons. The number of hydrogen-bond acceptors (Lipinski definition) is 3. The molecular formula is C20H27ClO3. The van der Waals surface area contributed by atoms with Crippen LogP contribution in [-0.4, -0.2) is 19.2 Å². The molecule has 2 bridgehead atoms. The monoisotopic (exact) mass is 350 g/mol. The number of rotatable bonds is 6. The first-order valence-corrected chi connectivity index (χ1v) is 9.30. The summed E-state index contributed by atoms with van der Waals surface area (Å²) < 4.78 is 10.9. The first-order chi connectivity index (χ1) is 11.4. The summed E-state index contributed by atoms with van der Waals surface area (Å²) in [6, 6.07) is 5.35. The van der Waals surface area contributed by atoms with Crippen molar-refractivity contribution in [2.75, 3.05) is 13.2 Å². The molecule has 0 heterocycles. The lowest BCUT2D eigenvalue weighted by Gasteiger charge is -2.60. The number of benzene rings is 1. The summed E-state index contributed by atoms with van der Waals surface area (Å²) in [6.07, 6.45) is 4.97. The Morgan fingerprint density at radius 3 is 2.79 bits per heavy atom. The lowest BCUT2D eigenvalue weighted by atomic mass is 9.45. The molecule has 0 spiro atoms. The summed E-state index contributed by atoms with van der Waals surface area (Å²) in [7, 11) is 0. The van der Waals surface area contributed by atoms with Crippen LogP contribution in [0.5, 0.6) is 5.75 Å². The SMILES string of the molecule is Cc1cc(Cl)ccc1OCC(=O)OCC[C@H]1CC[C@@H]2C[C@@H]1C2(C)C. The maximum Gasteiger partial charge on any atom is 0.344 e. The van der Waals surface area contributed by atoms with Crippen molar-refractivity contribution in [3.63, 3.8) is 0 Å². The fourth-order valence-electron chi connectivity index (χ4n) is 4.59. The molecule has 3 saturated carbocycles. The molecule has 3 aliphatic rings. The lowest BCUT2D eigenvalue weighted by Crippen LogP contribution is -2.52. The van der Waals surface area contributed by atoms with Gasteiger partial charge in [-0.1, -0.05) is 25.4 Å². The second-order valence-corrected chi connectivity index (χ2v) is 8.34. The van der Waals surface area contributed by atoms with E-state index in [1.165, 1.54) is 19.3 Å².